The Hall–Kier alpha value is -2.30. The van der Waals surface area contributed by atoms with Crippen molar-refractivity contribution < 1.29 is 9.59 Å². The van der Waals surface area contributed by atoms with E-state index in [1.54, 1.807) is 48.5 Å². The van der Waals surface area contributed by atoms with Crippen LogP contribution in [0.25, 0.3) is 0 Å². The number of carbonyl (C=O) groups is 2. The standard InChI is InChI=1S/C14H8O2.C2H8N2/c15-13-9-5-1-2-6-10(9)14(16)12-8-4-3-7-11(12)13;3-1-2-4/h1-8H;1-4H2. The number of nitrogens with two attached hydrogens (primary N) is 2. The molecule has 0 atom stereocenters. The van der Waals surface area contributed by atoms with Crippen molar-refractivity contribution in [2.45, 2.75) is 0 Å². The van der Waals surface area contributed by atoms with E-state index >= 15 is 0 Å². The molecule has 2 aromatic rings. The molecule has 0 amide bonds. The molecule has 102 valence electrons. The lowest BCUT2D eigenvalue weighted by Gasteiger charge is -2.16. The molecule has 0 bridgehead atoms. The van der Waals surface area contributed by atoms with Crippen molar-refractivity contribution in [3.8, 4) is 0 Å². The summed E-state index contributed by atoms with van der Waals surface area (Å²) in [6.45, 7) is 1.19. The summed E-state index contributed by atoms with van der Waals surface area (Å²) in [6.07, 6.45) is 0. The van der Waals surface area contributed by atoms with Crippen molar-refractivity contribution in [2.75, 3.05) is 13.1 Å². The summed E-state index contributed by atoms with van der Waals surface area (Å²) in [5.41, 5.74) is 11.8. The minimum Gasteiger partial charge on any atom is -0.329 e. The molecule has 3 rings (SSSR count). The van der Waals surface area contributed by atoms with Crippen LogP contribution in [0.4, 0.5) is 0 Å². The Balaban J connectivity index is 0.000000328. The lowest BCUT2D eigenvalue weighted by Crippen LogP contribution is -2.20. The van der Waals surface area contributed by atoms with Crippen LogP contribution < -0.4 is 11.5 Å². The Morgan fingerprint density at radius 2 is 0.850 bits per heavy atom. The third-order valence-electron chi connectivity index (χ3n) is 3.00. The predicted octanol–water partition coefficient (Wildman–Crippen LogP) is 1.37. The zero-order valence-electron chi connectivity index (χ0n) is 11.0. The van der Waals surface area contributed by atoms with Crippen molar-refractivity contribution >= 4 is 11.6 Å². The zero-order chi connectivity index (χ0) is 14.5. The van der Waals surface area contributed by atoms with Crippen molar-refractivity contribution in [3.63, 3.8) is 0 Å². The summed E-state index contributed by atoms with van der Waals surface area (Å²) in [5, 5.41) is 0. The predicted molar refractivity (Wildman–Crippen MR) is 77.9 cm³/mol. The maximum absolute atomic E-state index is 12.1. The van der Waals surface area contributed by atoms with Crippen molar-refractivity contribution in [3.05, 3.63) is 70.8 Å². The van der Waals surface area contributed by atoms with Crippen LogP contribution >= 0.6 is 0 Å². The Kier molecular flexibility index (Phi) is 4.40. The molecule has 0 saturated carbocycles. The number of ketones is 2. The van der Waals surface area contributed by atoms with Crippen LogP contribution in [-0.2, 0) is 0 Å². The minimum absolute atomic E-state index is 0.0641. The first kappa shape index (κ1) is 14.1. The van der Waals surface area contributed by atoms with E-state index in [2.05, 4.69) is 0 Å². The van der Waals surface area contributed by atoms with E-state index < -0.39 is 0 Å². The number of fused-ring (bicyclic) bond motifs is 2. The van der Waals surface area contributed by atoms with Gasteiger partial charge in [0.25, 0.3) is 0 Å². The number of hydrogen-bond acceptors (Lipinski definition) is 4. The monoisotopic (exact) mass is 268 g/mol. The summed E-state index contributed by atoms with van der Waals surface area (Å²) in [4.78, 5) is 24.2. The third kappa shape index (κ3) is 2.52. The van der Waals surface area contributed by atoms with E-state index in [0.29, 0.717) is 35.3 Å². The number of hydrogen-bond donors (Lipinski definition) is 2. The van der Waals surface area contributed by atoms with Gasteiger partial charge in [0.15, 0.2) is 11.6 Å². The van der Waals surface area contributed by atoms with Crippen LogP contribution in [0.2, 0.25) is 0 Å². The largest absolute Gasteiger partial charge is 0.329 e. The van der Waals surface area contributed by atoms with Gasteiger partial charge in [0.2, 0.25) is 0 Å². The molecule has 2 aromatic carbocycles. The quantitative estimate of drug-likeness (QED) is 0.698. The average Bonchev–Trinajstić information content (AvgIpc) is 2.53. The second kappa shape index (κ2) is 6.23. The minimum atomic E-state index is -0.0641. The lowest BCUT2D eigenvalue weighted by molar-refractivity contribution is 0.0979. The van der Waals surface area contributed by atoms with E-state index in [0.717, 1.165) is 0 Å². The highest BCUT2D eigenvalue weighted by molar-refractivity contribution is 6.28. The maximum Gasteiger partial charge on any atom is 0.194 e. The van der Waals surface area contributed by atoms with Gasteiger partial charge in [-0.1, -0.05) is 48.5 Å². The van der Waals surface area contributed by atoms with Crippen molar-refractivity contribution in [2.24, 2.45) is 11.5 Å². The van der Waals surface area contributed by atoms with Gasteiger partial charge >= 0.3 is 0 Å². The van der Waals surface area contributed by atoms with Crippen LogP contribution in [-0.4, -0.2) is 24.7 Å². The Labute approximate surface area is 117 Å². The zero-order valence-corrected chi connectivity index (χ0v) is 11.0. The molecule has 0 radical (unpaired) electrons. The molecule has 0 spiro atoms. The molecule has 0 aliphatic heterocycles. The van der Waals surface area contributed by atoms with E-state index in [-0.39, 0.29) is 11.6 Å². The summed E-state index contributed by atoms with van der Waals surface area (Å²) >= 11 is 0. The SMILES string of the molecule is NCCN.O=C1c2ccccc2C(=O)c2ccccc21. The van der Waals surface area contributed by atoms with Gasteiger partial charge in [-0.05, 0) is 0 Å². The normalized spacial score (nSPS) is 12.1. The van der Waals surface area contributed by atoms with Crippen LogP contribution in [0.5, 0.6) is 0 Å². The van der Waals surface area contributed by atoms with Crippen LogP contribution in [0.3, 0.4) is 0 Å². The summed E-state index contributed by atoms with van der Waals surface area (Å²) in [5.74, 6) is -0.128. The molecule has 4 nitrogen and oxygen atoms in total. The van der Waals surface area contributed by atoms with Crippen molar-refractivity contribution in [1.82, 2.24) is 0 Å². The molecule has 0 saturated heterocycles. The summed E-state index contributed by atoms with van der Waals surface area (Å²) < 4.78 is 0. The molecule has 4 heteroatoms. The molecular formula is C16H16N2O2. The van der Waals surface area contributed by atoms with Gasteiger partial charge in [-0.3, -0.25) is 9.59 Å². The Morgan fingerprint density at radius 1 is 0.600 bits per heavy atom. The smallest absolute Gasteiger partial charge is 0.194 e. The van der Waals surface area contributed by atoms with Crippen LogP contribution in [0.15, 0.2) is 48.5 Å². The van der Waals surface area contributed by atoms with Crippen LogP contribution in [0, 0.1) is 0 Å². The van der Waals surface area contributed by atoms with Gasteiger partial charge in [0.05, 0.1) is 0 Å². The highest BCUT2D eigenvalue weighted by atomic mass is 16.1. The first-order chi connectivity index (χ1) is 9.70. The molecule has 0 unspecified atom stereocenters. The fourth-order valence-electron chi connectivity index (χ4n) is 2.05. The molecule has 0 fully saturated rings. The van der Waals surface area contributed by atoms with Gasteiger partial charge in [-0.2, -0.15) is 0 Å². The number of carbonyl (C=O) groups excluding carboxylic acids is 2. The second-order valence-corrected chi connectivity index (χ2v) is 4.33. The second-order valence-electron chi connectivity index (χ2n) is 4.33. The van der Waals surface area contributed by atoms with E-state index in [1.165, 1.54) is 0 Å². The molecule has 1 aliphatic rings. The molecule has 4 N–H and O–H groups in total. The Bertz CT molecular complexity index is 543. The third-order valence-corrected chi connectivity index (χ3v) is 3.00. The van der Waals surface area contributed by atoms with Gasteiger partial charge in [-0.15, -0.1) is 0 Å². The van der Waals surface area contributed by atoms with Crippen LogP contribution in [0.1, 0.15) is 31.8 Å². The van der Waals surface area contributed by atoms with Gasteiger partial charge in [0, 0.05) is 35.3 Å². The first-order valence-electron chi connectivity index (χ1n) is 6.38. The van der Waals surface area contributed by atoms with Crippen molar-refractivity contribution in [1.29, 1.82) is 0 Å². The number of rotatable bonds is 1. The summed E-state index contributed by atoms with van der Waals surface area (Å²) in [6, 6.07) is 13.9. The lowest BCUT2D eigenvalue weighted by atomic mass is 9.84. The summed E-state index contributed by atoms with van der Waals surface area (Å²) in [7, 11) is 0. The first-order valence-corrected chi connectivity index (χ1v) is 6.38. The molecule has 20 heavy (non-hydrogen) atoms. The molecular weight excluding hydrogens is 252 g/mol. The fraction of sp³-hybridized carbons (Fsp3) is 0.125. The molecule has 0 aromatic heterocycles. The fourth-order valence-corrected chi connectivity index (χ4v) is 2.05. The van der Waals surface area contributed by atoms with Gasteiger partial charge < -0.3 is 11.5 Å². The maximum atomic E-state index is 12.1. The highest BCUT2D eigenvalue weighted by Crippen LogP contribution is 2.26. The van der Waals surface area contributed by atoms with E-state index in [9.17, 15) is 9.59 Å². The topological polar surface area (TPSA) is 86.2 Å². The highest BCUT2D eigenvalue weighted by Gasteiger charge is 2.28. The van der Waals surface area contributed by atoms with E-state index in [4.69, 9.17) is 11.5 Å². The molecule has 1 aliphatic carbocycles. The number of benzene rings is 2. The Morgan fingerprint density at radius 3 is 1.05 bits per heavy atom. The molecule has 0 heterocycles. The van der Waals surface area contributed by atoms with E-state index in [1.807, 2.05) is 0 Å². The van der Waals surface area contributed by atoms with Gasteiger partial charge in [0.1, 0.15) is 0 Å². The van der Waals surface area contributed by atoms with Gasteiger partial charge in [-0.25, -0.2) is 0 Å². The average molecular weight is 268 g/mol.